The van der Waals surface area contributed by atoms with Crippen LogP contribution in [0.1, 0.15) is 34.8 Å². The molecule has 0 saturated heterocycles. The molecule has 0 bridgehead atoms. The van der Waals surface area contributed by atoms with Gasteiger partial charge < -0.3 is 5.11 Å². The maximum absolute atomic E-state index is 11.9. The average molecular weight is 263 g/mol. The highest BCUT2D eigenvalue weighted by Crippen LogP contribution is 2.20. The van der Waals surface area contributed by atoms with E-state index in [2.05, 4.69) is 15.3 Å². The number of amides is 1. The Morgan fingerprint density at radius 3 is 2.83 bits per heavy atom. The smallest absolute Gasteiger partial charge is 0.259 e. The van der Waals surface area contributed by atoms with Gasteiger partial charge in [0.25, 0.3) is 5.91 Å². The van der Waals surface area contributed by atoms with Crippen LogP contribution in [0.25, 0.3) is 0 Å². The molecule has 1 amide bonds. The first-order chi connectivity index (χ1) is 8.56. The minimum Gasteiger partial charge on any atom is -0.387 e. The number of anilines is 1. The molecule has 6 heteroatoms. The third-order valence-electron chi connectivity index (χ3n) is 2.34. The third kappa shape index (κ3) is 2.91. The van der Waals surface area contributed by atoms with Crippen molar-refractivity contribution in [1.82, 2.24) is 9.97 Å². The van der Waals surface area contributed by atoms with E-state index < -0.39 is 6.10 Å². The number of carbonyl (C=O) groups excluding carboxylic acids is 1. The summed E-state index contributed by atoms with van der Waals surface area (Å²) in [5.41, 5.74) is 1.89. The van der Waals surface area contributed by atoms with Crippen molar-refractivity contribution >= 4 is 22.4 Å². The molecule has 0 fully saturated rings. The van der Waals surface area contributed by atoms with Crippen LogP contribution < -0.4 is 5.32 Å². The molecule has 2 rings (SSSR count). The number of aliphatic hydroxyl groups is 1. The zero-order valence-electron chi connectivity index (χ0n) is 10.0. The van der Waals surface area contributed by atoms with E-state index in [9.17, 15) is 9.90 Å². The van der Waals surface area contributed by atoms with Gasteiger partial charge in [-0.3, -0.25) is 15.1 Å². The van der Waals surface area contributed by atoms with Gasteiger partial charge in [0.2, 0.25) is 0 Å². The van der Waals surface area contributed by atoms with E-state index in [1.165, 1.54) is 17.5 Å². The molecule has 2 N–H and O–H groups in total. The van der Waals surface area contributed by atoms with E-state index >= 15 is 0 Å². The molecule has 0 aliphatic heterocycles. The fourth-order valence-electron chi connectivity index (χ4n) is 1.31. The fourth-order valence-corrected chi connectivity index (χ4v) is 2.10. The SMILES string of the molecule is Cc1ccc(C(=O)Nc2nc(C(C)O)cs2)cn1. The molecule has 1 atom stereocenters. The first-order valence-corrected chi connectivity index (χ1v) is 6.31. The van der Waals surface area contributed by atoms with Crippen molar-refractivity contribution in [1.29, 1.82) is 0 Å². The molecule has 1 unspecified atom stereocenters. The molecule has 94 valence electrons. The highest BCUT2D eigenvalue weighted by atomic mass is 32.1. The second-order valence-electron chi connectivity index (χ2n) is 3.90. The summed E-state index contributed by atoms with van der Waals surface area (Å²) in [7, 11) is 0. The maximum Gasteiger partial charge on any atom is 0.259 e. The number of nitrogens with zero attached hydrogens (tertiary/aromatic N) is 2. The second kappa shape index (κ2) is 5.24. The number of aryl methyl sites for hydroxylation is 1. The Kier molecular flexibility index (Phi) is 3.69. The van der Waals surface area contributed by atoms with Gasteiger partial charge in [0.15, 0.2) is 5.13 Å². The molecular weight excluding hydrogens is 250 g/mol. The van der Waals surface area contributed by atoms with Crippen LogP contribution in [0.3, 0.4) is 0 Å². The van der Waals surface area contributed by atoms with E-state index in [1.807, 2.05) is 6.92 Å². The van der Waals surface area contributed by atoms with Gasteiger partial charge in [0.05, 0.1) is 17.4 Å². The van der Waals surface area contributed by atoms with E-state index in [1.54, 1.807) is 24.4 Å². The van der Waals surface area contributed by atoms with Crippen LogP contribution in [-0.2, 0) is 0 Å². The largest absolute Gasteiger partial charge is 0.387 e. The van der Waals surface area contributed by atoms with Gasteiger partial charge in [-0.25, -0.2) is 4.98 Å². The van der Waals surface area contributed by atoms with Crippen LogP contribution in [0.2, 0.25) is 0 Å². The molecule has 0 aliphatic carbocycles. The lowest BCUT2D eigenvalue weighted by Crippen LogP contribution is -2.12. The zero-order chi connectivity index (χ0) is 13.1. The summed E-state index contributed by atoms with van der Waals surface area (Å²) in [6.45, 7) is 3.49. The first kappa shape index (κ1) is 12.7. The Bertz CT molecular complexity index is 549. The van der Waals surface area contributed by atoms with E-state index in [0.717, 1.165) is 5.69 Å². The lowest BCUT2D eigenvalue weighted by Gasteiger charge is -2.01. The Balaban J connectivity index is 2.08. The molecule has 0 radical (unpaired) electrons. The minimum atomic E-state index is -0.632. The van der Waals surface area contributed by atoms with Gasteiger partial charge in [0, 0.05) is 17.3 Å². The summed E-state index contributed by atoms with van der Waals surface area (Å²) in [4.78, 5) is 20.0. The van der Waals surface area contributed by atoms with Gasteiger partial charge in [0.1, 0.15) is 0 Å². The number of carbonyl (C=O) groups is 1. The summed E-state index contributed by atoms with van der Waals surface area (Å²) < 4.78 is 0. The van der Waals surface area contributed by atoms with Crippen LogP contribution >= 0.6 is 11.3 Å². The van der Waals surface area contributed by atoms with Crippen molar-refractivity contribution in [3.05, 3.63) is 40.7 Å². The molecule has 2 aromatic rings. The van der Waals surface area contributed by atoms with Gasteiger partial charge in [-0.2, -0.15) is 0 Å². The Labute approximate surface area is 109 Å². The molecule has 0 saturated carbocycles. The minimum absolute atomic E-state index is 0.256. The Morgan fingerprint density at radius 2 is 2.28 bits per heavy atom. The lowest BCUT2D eigenvalue weighted by molar-refractivity contribution is 0.102. The predicted molar refractivity (Wildman–Crippen MR) is 69.7 cm³/mol. The van der Waals surface area contributed by atoms with E-state index in [0.29, 0.717) is 16.4 Å². The lowest BCUT2D eigenvalue weighted by atomic mass is 10.2. The average Bonchev–Trinajstić information content (AvgIpc) is 2.78. The number of hydrogen-bond donors (Lipinski definition) is 2. The number of pyridine rings is 1. The Hall–Kier alpha value is -1.79. The van der Waals surface area contributed by atoms with Crippen LogP contribution in [0.15, 0.2) is 23.7 Å². The number of hydrogen-bond acceptors (Lipinski definition) is 5. The van der Waals surface area contributed by atoms with Crippen molar-refractivity contribution in [2.24, 2.45) is 0 Å². The highest BCUT2D eigenvalue weighted by Gasteiger charge is 2.11. The van der Waals surface area contributed by atoms with Crippen molar-refractivity contribution in [3.63, 3.8) is 0 Å². The van der Waals surface area contributed by atoms with Crippen LogP contribution in [0.5, 0.6) is 0 Å². The number of aliphatic hydroxyl groups excluding tert-OH is 1. The fraction of sp³-hybridized carbons (Fsp3) is 0.250. The normalized spacial score (nSPS) is 12.2. The van der Waals surface area contributed by atoms with E-state index in [4.69, 9.17) is 0 Å². The van der Waals surface area contributed by atoms with E-state index in [-0.39, 0.29) is 5.91 Å². The summed E-state index contributed by atoms with van der Waals surface area (Å²) in [5, 5.41) is 14.2. The zero-order valence-corrected chi connectivity index (χ0v) is 10.9. The molecule has 0 aromatic carbocycles. The monoisotopic (exact) mass is 263 g/mol. The third-order valence-corrected chi connectivity index (χ3v) is 3.12. The first-order valence-electron chi connectivity index (χ1n) is 5.44. The molecule has 5 nitrogen and oxygen atoms in total. The molecular formula is C12H13N3O2S. The summed E-state index contributed by atoms with van der Waals surface area (Å²) in [6.07, 6.45) is 0.890. The predicted octanol–water partition coefficient (Wildman–Crippen LogP) is 2.15. The van der Waals surface area contributed by atoms with Crippen molar-refractivity contribution < 1.29 is 9.90 Å². The van der Waals surface area contributed by atoms with Gasteiger partial charge in [-0.15, -0.1) is 11.3 Å². The van der Waals surface area contributed by atoms with Crippen molar-refractivity contribution in [2.75, 3.05) is 5.32 Å². The second-order valence-corrected chi connectivity index (χ2v) is 4.75. The molecule has 0 aliphatic rings. The van der Waals surface area contributed by atoms with Crippen molar-refractivity contribution in [3.8, 4) is 0 Å². The quantitative estimate of drug-likeness (QED) is 0.889. The molecule has 18 heavy (non-hydrogen) atoms. The van der Waals surface area contributed by atoms with Gasteiger partial charge in [-0.1, -0.05) is 0 Å². The molecule has 2 aromatic heterocycles. The topological polar surface area (TPSA) is 75.1 Å². The Morgan fingerprint density at radius 1 is 1.50 bits per heavy atom. The number of aromatic nitrogens is 2. The van der Waals surface area contributed by atoms with Crippen LogP contribution in [-0.4, -0.2) is 21.0 Å². The maximum atomic E-state index is 11.9. The highest BCUT2D eigenvalue weighted by molar-refractivity contribution is 7.14. The molecule has 0 spiro atoms. The van der Waals surface area contributed by atoms with Crippen molar-refractivity contribution in [2.45, 2.75) is 20.0 Å². The number of rotatable bonds is 3. The summed E-state index contributed by atoms with van der Waals surface area (Å²) in [5.74, 6) is -0.256. The van der Waals surface area contributed by atoms with Gasteiger partial charge >= 0.3 is 0 Å². The molecule has 2 heterocycles. The van der Waals surface area contributed by atoms with Gasteiger partial charge in [-0.05, 0) is 26.0 Å². The standard InChI is InChI=1S/C12H13N3O2S/c1-7-3-4-9(5-13-7)11(17)15-12-14-10(6-18-12)8(2)16/h3-6,8,16H,1-2H3,(H,14,15,17). The van der Waals surface area contributed by atoms with Crippen LogP contribution in [0, 0.1) is 6.92 Å². The van der Waals surface area contributed by atoms with Crippen LogP contribution in [0.4, 0.5) is 5.13 Å². The number of thiazole rings is 1. The summed E-state index contributed by atoms with van der Waals surface area (Å²) >= 11 is 1.28. The summed E-state index contributed by atoms with van der Waals surface area (Å²) in [6, 6.07) is 3.48. The number of nitrogens with one attached hydrogen (secondary N) is 1.